The number of ether oxygens (including phenoxy) is 1. The Morgan fingerprint density at radius 1 is 0.356 bits per heavy atom. The molecule has 0 bridgehead atoms. The van der Waals surface area contributed by atoms with Crippen molar-refractivity contribution in [3.63, 3.8) is 0 Å². The van der Waals surface area contributed by atoms with Gasteiger partial charge in [0.1, 0.15) is 0 Å². The molecular weight excluding hydrogens is 717 g/mol. The first-order chi connectivity index (χ1) is 29.2. The van der Waals surface area contributed by atoms with Crippen molar-refractivity contribution < 1.29 is 9.53 Å². The summed E-state index contributed by atoms with van der Waals surface area (Å²) in [5.74, 6) is 0.968. The summed E-state index contributed by atoms with van der Waals surface area (Å²) in [7, 11) is 0. The topological polar surface area (TPSA) is 26.3 Å². The number of carbonyl (C=O) groups is 1. The van der Waals surface area contributed by atoms with Gasteiger partial charge in [0.15, 0.2) is 0 Å². The van der Waals surface area contributed by atoms with Crippen LogP contribution in [-0.2, 0) is 9.53 Å². The number of hydrogen-bond donors (Lipinski definition) is 0. The summed E-state index contributed by atoms with van der Waals surface area (Å²) in [4.78, 5) is 12.1. The van der Waals surface area contributed by atoms with Crippen molar-refractivity contribution >= 4 is 5.97 Å². The lowest BCUT2D eigenvalue weighted by Crippen LogP contribution is -2.05. The standard InChI is InChI=1S/C57H112O2/c1-4-6-7-8-9-10-11-12-13-14-26-30-33-36-39-42-45-48-51-54-57(58)59-55-52-49-46-43-40-37-34-31-28-25-23-21-19-17-15-16-18-20-22-24-27-29-32-35-38-41-44-47-50-53-56(3)5-2/h12-13,56H,4-11,14-55H2,1-3H3. The van der Waals surface area contributed by atoms with Crippen LogP contribution in [0.4, 0.5) is 0 Å². The molecule has 0 amide bonds. The SMILES string of the molecule is CCCCCCCCC=CCCCCCCCCCCCC(=O)OCCCCCCCCCCCCCCCCCCCCCCCCCCCCCCCC(C)CC. The fraction of sp³-hybridized carbons (Fsp3) is 0.947. The quantitative estimate of drug-likeness (QED) is 0.0347. The fourth-order valence-electron chi connectivity index (χ4n) is 8.88. The molecule has 0 heterocycles. The van der Waals surface area contributed by atoms with E-state index in [1.807, 2.05) is 0 Å². The van der Waals surface area contributed by atoms with Gasteiger partial charge in [-0.15, -0.1) is 0 Å². The van der Waals surface area contributed by atoms with Crippen LogP contribution < -0.4 is 0 Å². The largest absolute Gasteiger partial charge is 0.466 e. The molecule has 0 aromatic heterocycles. The number of esters is 1. The monoisotopic (exact) mass is 829 g/mol. The molecule has 352 valence electrons. The minimum absolute atomic E-state index is 0.0293. The Balaban J connectivity index is 3.16. The summed E-state index contributed by atoms with van der Waals surface area (Å²) in [6, 6.07) is 0. The van der Waals surface area contributed by atoms with Gasteiger partial charge in [-0.2, -0.15) is 0 Å². The summed E-state index contributed by atoms with van der Waals surface area (Å²) in [5.41, 5.74) is 0. The third-order valence-electron chi connectivity index (χ3n) is 13.4. The van der Waals surface area contributed by atoms with Crippen LogP contribution in [0.5, 0.6) is 0 Å². The van der Waals surface area contributed by atoms with Crippen molar-refractivity contribution in [2.24, 2.45) is 5.92 Å². The molecule has 0 aromatic rings. The molecule has 2 heteroatoms. The van der Waals surface area contributed by atoms with Crippen molar-refractivity contribution in [3.05, 3.63) is 12.2 Å². The van der Waals surface area contributed by atoms with Crippen LogP contribution in [0.2, 0.25) is 0 Å². The summed E-state index contributed by atoms with van der Waals surface area (Å²) in [6.45, 7) is 7.65. The van der Waals surface area contributed by atoms with Gasteiger partial charge in [0, 0.05) is 6.42 Å². The third-order valence-corrected chi connectivity index (χ3v) is 13.4. The second-order valence-electron chi connectivity index (χ2n) is 19.5. The van der Waals surface area contributed by atoms with E-state index in [0.29, 0.717) is 13.0 Å². The van der Waals surface area contributed by atoms with Crippen molar-refractivity contribution in [2.45, 2.75) is 335 Å². The molecule has 1 unspecified atom stereocenters. The van der Waals surface area contributed by atoms with Crippen molar-refractivity contribution in [1.82, 2.24) is 0 Å². The zero-order chi connectivity index (χ0) is 42.6. The van der Waals surface area contributed by atoms with Crippen LogP contribution in [0.15, 0.2) is 12.2 Å². The van der Waals surface area contributed by atoms with Gasteiger partial charge in [0.2, 0.25) is 0 Å². The summed E-state index contributed by atoms with van der Waals surface area (Å²) < 4.78 is 5.50. The molecule has 1 atom stereocenters. The van der Waals surface area contributed by atoms with Gasteiger partial charge in [0.25, 0.3) is 0 Å². The van der Waals surface area contributed by atoms with Gasteiger partial charge in [0.05, 0.1) is 6.61 Å². The van der Waals surface area contributed by atoms with E-state index in [4.69, 9.17) is 4.74 Å². The smallest absolute Gasteiger partial charge is 0.305 e. The number of allylic oxidation sites excluding steroid dienone is 2. The maximum atomic E-state index is 12.1. The summed E-state index contributed by atoms with van der Waals surface area (Å²) >= 11 is 0. The van der Waals surface area contributed by atoms with E-state index in [9.17, 15) is 4.79 Å². The molecule has 0 radical (unpaired) electrons. The van der Waals surface area contributed by atoms with E-state index in [1.54, 1.807) is 0 Å². The normalized spacial score (nSPS) is 12.3. The van der Waals surface area contributed by atoms with Crippen LogP contribution in [0.25, 0.3) is 0 Å². The molecule has 0 aliphatic rings. The second-order valence-corrected chi connectivity index (χ2v) is 19.5. The molecule has 0 aliphatic heterocycles. The van der Waals surface area contributed by atoms with Crippen molar-refractivity contribution in [1.29, 1.82) is 0 Å². The first kappa shape index (κ1) is 58.2. The second kappa shape index (κ2) is 53.3. The minimum atomic E-state index is 0.0293. The molecule has 0 aliphatic carbocycles. The van der Waals surface area contributed by atoms with Gasteiger partial charge in [-0.05, 0) is 44.4 Å². The molecule has 0 rings (SSSR count). The highest BCUT2D eigenvalue weighted by Crippen LogP contribution is 2.18. The van der Waals surface area contributed by atoms with E-state index >= 15 is 0 Å². The van der Waals surface area contributed by atoms with Crippen LogP contribution in [0.1, 0.15) is 335 Å². The van der Waals surface area contributed by atoms with Crippen LogP contribution in [0.3, 0.4) is 0 Å². The lowest BCUT2D eigenvalue weighted by Gasteiger charge is -2.07. The molecule has 0 fully saturated rings. The molecular formula is C57H112O2. The lowest BCUT2D eigenvalue weighted by molar-refractivity contribution is -0.143. The molecule has 59 heavy (non-hydrogen) atoms. The molecule has 0 N–H and O–H groups in total. The van der Waals surface area contributed by atoms with Gasteiger partial charge in [-0.3, -0.25) is 4.79 Å². The number of rotatable bonds is 52. The maximum absolute atomic E-state index is 12.1. The van der Waals surface area contributed by atoms with E-state index in [1.165, 1.54) is 295 Å². The highest BCUT2D eigenvalue weighted by Gasteiger charge is 2.03. The van der Waals surface area contributed by atoms with Crippen LogP contribution >= 0.6 is 0 Å². The van der Waals surface area contributed by atoms with Crippen LogP contribution in [0, 0.1) is 5.92 Å². The predicted octanol–water partition coefficient (Wildman–Crippen LogP) is 20.9. The summed E-state index contributed by atoms with van der Waals surface area (Å²) in [5, 5.41) is 0. The van der Waals surface area contributed by atoms with Gasteiger partial charge >= 0.3 is 5.97 Å². The van der Waals surface area contributed by atoms with Gasteiger partial charge < -0.3 is 4.74 Å². The Morgan fingerprint density at radius 2 is 0.627 bits per heavy atom. The Morgan fingerprint density at radius 3 is 0.949 bits per heavy atom. The number of carbonyl (C=O) groups excluding carboxylic acids is 1. The fourth-order valence-corrected chi connectivity index (χ4v) is 8.88. The Hall–Kier alpha value is -0.790. The Kier molecular flexibility index (Phi) is 52.6. The highest BCUT2D eigenvalue weighted by atomic mass is 16.5. The first-order valence-corrected chi connectivity index (χ1v) is 28.0. The number of hydrogen-bond acceptors (Lipinski definition) is 2. The molecule has 0 aromatic carbocycles. The highest BCUT2D eigenvalue weighted by molar-refractivity contribution is 5.69. The van der Waals surface area contributed by atoms with Gasteiger partial charge in [-0.25, -0.2) is 0 Å². The molecule has 0 saturated carbocycles. The van der Waals surface area contributed by atoms with Crippen molar-refractivity contribution in [3.8, 4) is 0 Å². The molecule has 0 spiro atoms. The van der Waals surface area contributed by atoms with E-state index in [0.717, 1.165) is 18.8 Å². The van der Waals surface area contributed by atoms with E-state index in [-0.39, 0.29) is 5.97 Å². The average molecular weight is 830 g/mol. The molecule has 0 saturated heterocycles. The number of unbranched alkanes of at least 4 members (excludes halogenated alkanes) is 43. The van der Waals surface area contributed by atoms with Gasteiger partial charge in [-0.1, -0.05) is 303 Å². The maximum Gasteiger partial charge on any atom is 0.305 e. The summed E-state index contributed by atoms with van der Waals surface area (Å²) in [6.07, 6.45) is 72.3. The van der Waals surface area contributed by atoms with E-state index < -0.39 is 0 Å². The van der Waals surface area contributed by atoms with Crippen LogP contribution in [-0.4, -0.2) is 12.6 Å². The predicted molar refractivity (Wildman–Crippen MR) is 267 cm³/mol. The Labute approximate surface area is 374 Å². The third kappa shape index (κ3) is 53.3. The first-order valence-electron chi connectivity index (χ1n) is 28.0. The minimum Gasteiger partial charge on any atom is -0.466 e. The Bertz CT molecular complexity index is 788. The zero-order valence-electron chi connectivity index (χ0n) is 41.4. The average Bonchev–Trinajstić information content (AvgIpc) is 3.24. The lowest BCUT2D eigenvalue weighted by atomic mass is 9.99. The van der Waals surface area contributed by atoms with Crippen molar-refractivity contribution in [2.75, 3.05) is 6.61 Å². The molecule has 2 nitrogen and oxygen atoms in total. The van der Waals surface area contributed by atoms with E-state index in [2.05, 4.69) is 32.9 Å². The zero-order valence-corrected chi connectivity index (χ0v) is 41.4.